The second-order valence-electron chi connectivity index (χ2n) is 5.35. The van der Waals surface area contributed by atoms with Crippen LogP contribution in [0, 0.1) is 6.42 Å². The predicted octanol–water partition coefficient (Wildman–Crippen LogP) is 4.32. The van der Waals surface area contributed by atoms with Crippen LogP contribution in [0.1, 0.15) is 54.9 Å². The van der Waals surface area contributed by atoms with Gasteiger partial charge >= 0.3 is 0 Å². The van der Waals surface area contributed by atoms with Crippen molar-refractivity contribution >= 4 is 14.3 Å². The van der Waals surface area contributed by atoms with Crippen molar-refractivity contribution in [1.29, 1.82) is 0 Å². The third kappa shape index (κ3) is 3.34. The summed E-state index contributed by atoms with van der Waals surface area (Å²) in [4.78, 5) is 11.7. The summed E-state index contributed by atoms with van der Waals surface area (Å²) in [5, 5.41) is 0. The molecule has 0 aliphatic rings. The highest BCUT2D eigenvalue weighted by atomic mass is 28.4. The lowest BCUT2D eigenvalue weighted by Gasteiger charge is -2.41. The van der Waals surface area contributed by atoms with E-state index in [0.717, 1.165) is 6.42 Å². The van der Waals surface area contributed by atoms with E-state index in [1.165, 1.54) is 0 Å². The van der Waals surface area contributed by atoms with E-state index in [0.29, 0.717) is 16.6 Å². The first-order valence-corrected chi connectivity index (χ1v) is 8.49. The molecule has 0 aromatic heterocycles. The fraction of sp³-hybridized carbons (Fsp3) is 0.846. The molecule has 2 nitrogen and oxygen atoms in total. The van der Waals surface area contributed by atoms with Crippen molar-refractivity contribution in [3.8, 4) is 0 Å². The van der Waals surface area contributed by atoms with Gasteiger partial charge in [-0.05, 0) is 23.0 Å². The van der Waals surface area contributed by atoms with E-state index in [2.05, 4.69) is 41.5 Å². The number of hydrogen-bond acceptors (Lipinski definition) is 2. The van der Waals surface area contributed by atoms with Gasteiger partial charge in [-0.15, -0.1) is 0 Å². The maximum atomic E-state index is 11.7. The zero-order valence-electron chi connectivity index (χ0n) is 11.8. The Morgan fingerprint density at radius 3 is 1.69 bits per heavy atom. The number of carbonyl (C=O) groups is 1. The summed E-state index contributed by atoms with van der Waals surface area (Å²) >= 11 is 0. The van der Waals surface area contributed by atoms with Gasteiger partial charge < -0.3 is 4.43 Å². The van der Waals surface area contributed by atoms with Gasteiger partial charge in [-0.25, -0.2) is 0 Å². The molecule has 0 aliphatic carbocycles. The summed E-state index contributed by atoms with van der Waals surface area (Å²) in [5.41, 5.74) is 1.38. The van der Waals surface area contributed by atoms with Gasteiger partial charge in [0.15, 0.2) is 0 Å². The fourth-order valence-electron chi connectivity index (χ4n) is 2.74. The summed E-state index contributed by atoms with van der Waals surface area (Å²) < 4.78 is 5.91. The van der Waals surface area contributed by atoms with E-state index in [-0.39, 0.29) is 5.97 Å². The first-order valence-electron chi connectivity index (χ1n) is 6.35. The Morgan fingerprint density at radius 2 is 1.44 bits per heavy atom. The third-order valence-electron chi connectivity index (χ3n) is 3.36. The van der Waals surface area contributed by atoms with E-state index >= 15 is 0 Å². The molecule has 0 aromatic rings. The maximum Gasteiger partial charge on any atom is 0.296 e. The average Bonchev–Trinajstić information content (AvgIpc) is 2.12. The lowest BCUT2D eigenvalue weighted by atomic mass is 10.4. The van der Waals surface area contributed by atoms with Gasteiger partial charge in [0.1, 0.15) is 0 Å². The third-order valence-corrected chi connectivity index (χ3v) is 9.32. The zero-order valence-corrected chi connectivity index (χ0v) is 12.8. The molecule has 0 amide bonds. The van der Waals surface area contributed by atoms with Crippen molar-refractivity contribution < 1.29 is 9.22 Å². The fourth-order valence-corrected chi connectivity index (χ4v) is 7.88. The van der Waals surface area contributed by atoms with Crippen LogP contribution in [0.15, 0.2) is 0 Å². The largest absolute Gasteiger partial charge is 0.518 e. The van der Waals surface area contributed by atoms with Crippen molar-refractivity contribution in [2.75, 3.05) is 0 Å². The van der Waals surface area contributed by atoms with E-state index in [1.54, 1.807) is 6.42 Å². The van der Waals surface area contributed by atoms with Crippen LogP contribution in [-0.2, 0) is 9.22 Å². The Bertz CT molecular complexity index is 200. The lowest BCUT2D eigenvalue weighted by molar-refractivity contribution is -0.132. The molecule has 0 saturated carbocycles. The molecule has 0 heterocycles. The Hall–Kier alpha value is -0.313. The molecule has 0 atom stereocenters. The predicted molar refractivity (Wildman–Crippen MR) is 71.7 cm³/mol. The highest BCUT2D eigenvalue weighted by molar-refractivity contribution is 6.79. The smallest absolute Gasteiger partial charge is 0.296 e. The normalized spacial score (nSPS) is 12.6. The van der Waals surface area contributed by atoms with Crippen LogP contribution in [0.3, 0.4) is 0 Å². The molecule has 95 valence electrons. The summed E-state index contributed by atoms with van der Waals surface area (Å²) in [7, 11) is -2.01. The van der Waals surface area contributed by atoms with Crippen LogP contribution in [0.25, 0.3) is 0 Å². The van der Waals surface area contributed by atoms with Crippen LogP contribution in [0.4, 0.5) is 0 Å². The standard InChI is InChI=1S/C13H27O2Si/c1-8-9-13(14)15-16(10(2)3,11(4)5)12(6)7/h9-12H,8H2,1-7H3. The van der Waals surface area contributed by atoms with Crippen LogP contribution in [0.2, 0.25) is 16.6 Å². The first-order chi connectivity index (χ1) is 7.28. The highest BCUT2D eigenvalue weighted by Gasteiger charge is 2.47. The zero-order chi connectivity index (χ0) is 12.9. The van der Waals surface area contributed by atoms with Gasteiger partial charge in [0.05, 0.1) is 6.42 Å². The molecule has 0 spiro atoms. The van der Waals surface area contributed by atoms with Gasteiger partial charge in [0, 0.05) is 0 Å². The molecule has 0 rings (SSSR count). The molecule has 0 bridgehead atoms. The second-order valence-corrected chi connectivity index (χ2v) is 10.7. The SMILES string of the molecule is CC[CH]C(=O)O[Si](C(C)C)(C(C)C)C(C)C. The molecule has 3 heteroatoms. The van der Waals surface area contributed by atoms with Gasteiger partial charge in [0.25, 0.3) is 14.3 Å². The van der Waals surface area contributed by atoms with Crippen molar-refractivity contribution in [1.82, 2.24) is 0 Å². The molecular formula is C13H27O2Si. The molecule has 0 fully saturated rings. The Kier molecular flexibility index (Phi) is 6.30. The molecule has 1 radical (unpaired) electrons. The lowest BCUT2D eigenvalue weighted by Crippen LogP contribution is -2.49. The monoisotopic (exact) mass is 243 g/mol. The first kappa shape index (κ1) is 15.7. The van der Waals surface area contributed by atoms with Crippen molar-refractivity contribution in [2.24, 2.45) is 0 Å². The van der Waals surface area contributed by atoms with E-state index in [9.17, 15) is 4.79 Å². The van der Waals surface area contributed by atoms with Crippen LogP contribution < -0.4 is 0 Å². The van der Waals surface area contributed by atoms with Gasteiger partial charge in [-0.1, -0.05) is 48.5 Å². The Labute approximate surface area is 102 Å². The van der Waals surface area contributed by atoms with E-state index in [1.807, 2.05) is 6.92 Å². The number of rotatable bonds is 6. The molecule has 0 saturated heterocycles. The summed E-state index contributed by atoms with van der Waals surface area (Å²) in [6, 6.07) is 0. The highest BCUT2D eigenvalue weighted by Crippen LogP contribution is 2.42. The van der Waals surface area contributed by atoms with Crippen molar-refractivity contribution in [3.05, 3.63) is 6.42 Å². The van der Waals surface area contributed by atoms with Gasteiger partial charge in [0.2, 0.25) is 0 Å². The maximum absolute atomic E-state index is 11.7. The quantitative estimate of drug-likeness (QED) is 0.649. The van der Waals surface area contributed by atoms with Crippen molar-refractivity contribution in [3.63, 3.8) is 0 Å². The van der Waals surface area contributed by atoms with Gasteiger partial charge in [-0.3, -0.25) is 4.79 Å². The molecular weight excluding hydrogens is 216 g/mol. The van der Waals surface area contributed by atoms with Gasteiger partial charge in [-0.2, -0.15) is 0 Å². The Morgan fingerprint density at radius 1 is 1.06 bits per heavy atom. The topological polar surface area (TPSA) is 26.3 Å². The van der Waals surface area contributed by atoms with Crippen LogP contribution >= 0.6 is 0 Å². The van der Waals surface area contributed by atoms with Crippen LogP contribution in [0.5, 0.6) is 0 Å². The summed E-state index contributed by atoms with van der Waals surface area (Å²) in [6.45, 7) is 15.1. The van der Waals surface area contributed by atoms with E-state index < -0.39 is 8.32 Å². The molecule has 0 aliphatic heterocycles. The van der Waals surface area contributed by atoms with E-state index in [4.69, 9.17) is 4.43 Å². The molecule has 0 aromatic carbocycles. The molecule has 16 heavy (non-hydrogen) atoms. The summed E-state index contributed by atoms with van der Waals surface area (Å²) in [6.07, 6.45) is 2.40. The van der Waals surface area contributed by atoms with Crippen molar-refractivity contribution in [2.45, 2.75) is 71.5 Å². The van der Waals surface area contributed by atoms with Crippen LogP contribution in [-0.4, -0.2) is 14.3 Å². The molecule has 0 N–H and O–H groups in total. The molecule has 0 unspecified atom stereocenters. The minimum Gasteiger partial charge on any atom is -0.518 e. The number of carbonyl (C=O) groups excluding carboxylic acids is 1. The minimum atomic E-state index is -2.01. The summed E-state index contributed by atoms with van der Waals surface area (Å²) in [5.74, 6) is -0.120. The second kappa shape index (κ2) is 6.43. The number of hydrogen-bond donors (Lipinski definition) is 0. The minimum absolute atomic E-state index is 0.120. The average molecular weight is 243 g/mol. The Balaban J connectivity index is 4.98.